The van der Waals surface area contributed by atoms with Crippen molar-refractivity contribution in [3.8, 4) is 11.5 Å². The summed E-state index contributed by atoms with van der Waals surface area (Å²) < 4.78 is 10.6. The first-order valence-electron chi connectivity index (χ1n) is 13.1. The van der Waals surface area contributed by atoms with Crippen LogP contribution in [0.5, 0.6) is 11.5 Å². The van der Waals surface area contributed by atoms with Crippen molar-refractivity contribution >= 4 is 29.0 Å². The Morgan fingerprint density at radius 1 is 1.10 bits per heavy atom. The van der Waals surface area contributed by atoms with Crippen molar-refractivity contribution in [2.75, 3.05) is 31.7 Å². The van der Waals surface area contributed by atoms with Crippen LogP contribution in [0, 0.1) is 16.0 Å². The predicted molar refractivity (Wildman–Crippen MR) is 150 cm³/mol. The van der Waals surface area contributed by atoms with Crippen molar-refractivity contribution < 1.29 is 34.2 Å². The highest BCUT2D eigenvalue weighted by Crippen LogP contribution is 2.41. The van der Waals surface area contributed by atoms with Gasteiger partial charge < -0.3 is 24.6 Å². The van der Waals surface area contributed by atoms with Crippen LogP contribution in [0.15, 0.2) is 58.7 Å². The smallest absolute Gasteiger partial charge is 0.336 e. The minimum atomic E-state index is -0.948. The van der Waals surface area contributed by atoms with Crippen LogP contribution in [-0.4, -0.2) is 59.6 Å². The van der Waals surface area contributed by atoms with E-state index in [-0.39, 0.29) is 29.4 Å². The van der Waals surface area contributed by atoms with Crippen molar-refractivity contribution in [3.63, 3.8) is 0 Å². The van der Waals surface area contributed by atoms with Crippen molar-refractivity contribution in [2.24, 2.45) is 10.9 Å². The van der Waals surface area contributed by atoms with E-state index in [4.69, 9.17) is 9.47 Å². The summed E-state index contributed by atoms with van der Waals surface area (Å²) in [6.45, 7) is 6.63. The monoisotopic (exact) mass is 553 g/mol. The highest BCUT2D eigenvalue weighted by Gasteiger charge is 2.42. The summed E-state index contributed by atoms with van der Waals surface area (Å²) in [4.78, 5) is 43.4. The van der Waals surface area contributed by atoms with Crippen LogP contribution < -0.4 is 4.90 Å². The zero-order valence-electron chi connectivity index (χ0n) is 23.1. The number of benzene rings is 2. The van der Waals surface area contributed by atoms with Gasteiger partial charge in [-0.3, -0.25) is 19.9 Å². The van der Waals surface area contributed by atoms with Gasteiger partial charge in [0.1, 0.15) is 5.92 Å². The highest BCUT2D eigenvalue weighted by atomic mass is 16.6. The molecule has 40 heavy (non-hydrogen) atoms. The fourth-order valence-corrected chi connectivity index (χ4v) is 4.97. The zero-order valence-corrected chi connectivity index (χ0v) is 23.1. The number of para-hydroxylation sites is 1. The molecule has 214 valence electrons. The van der Waals surface area contributed by atoms with Gasteiger partial charge in [-0.2, -0.15) is 0 Å². The number of carbonyl (C=O) groups excluding carboxylic acids is 2. The third-order valence-electron chi connectivity index (χ3n) is 6.83. The second-order valence-corrected chi connectivity index (χ2v) is 9.56. The van der Waals surface area contributed by atoms with Crippen LogP contribution >= 0.6 is 0 Å². The molecule has 11 nitrogen and oxygen atoms in total. The number of ether oxygens (including phenoxy) is 2. The molecule has 2 N–H and O–H groups in total. The molecule has 0 radical (unpaired) electrons. The lowest BCUT2D eigenvalue weighted by molar-refractivity contribution is -0.384. The van der Waals surface area contributed by atoms with Crippen molar-refractivity contribution in [2.45, 2.75) is 46.0 Å². The Morgan fingerprint density at radius 3 is 2.50 bits per heavy atom. The van der Waals surface area contributed by atoms with Gasteiger partial charge in [-0.25, -0.2) is 4.79 Å². The molecule has 11 heteroatoms. The molecule has 0 aromatic heterocycles. The molecule has 2 atom stereocenters. The molecule has 1 aliphatic heterocycles. The summed E-state index contributed by atoms with van der Waals surface area (Å²) in [6.07, 6.45) is 1.98. The average molecular weight is 554 g/mol. The maximum Gasteiger partial charge on any atom is 0.336 e. The Balaban J connectivity index is 1.76. The van der Waals surface area contributed by atoms with Crippen molar-refractivity contribution in [3.05, 3.63) is 69.4 Å². The Labute approximate surface area is 232 Å². The predicted octanol–water partition coefficient (Wildman–Crippen LogP) is 4.87. The number of esters is 2. The lowest BCUT2D eigenvalue weighted by atomic mass is 9.75. The molecule has 0 saturated heterocycles. The number of anilines is 1. The molecule has 1 heterocycles. The number of methoxy groups -OCH3 is 1. The van der Waals surface area contributed by atoms with Crippen LogP contribution in [0.3, 0.4) is 0 Å². The Hall–Kier alpha value is -4.41. The van der Waals surface area contributed by atoms with E-state index in [0.717, 1.165) is 6.42 Å². The zero-order chi connectivity index (χ0) is 29.4. The largest absolute Gasteiger partial charge is 0.504 e. The van der Waals surface area contributed by atoms with E-state index < -0.39 is 28.7 Å². The molecule has 2 aromatic carbocycles. The molecule has 0 spiro atoms. The summed E-state index contributed by atoms with van der Waals surface area (Å²) in [5.74, 6) is -3.45. The topological polar surface area (TPSA) is 152 Å². The number of non-ortho nitro benzene ring substituents is 1. The maximum absolute atomic E-state index is 13.4. The molecule has 2 unspecified atom stereocenters. The Morgan fingerprint density at radius 2 is 1.82 bits per heavy atom. The van der Waals surface area contributed by atoms with Crippen LogP contribution in [0.2, 0.25) is 0 Å². The minimum Gasteiger partial charge on any atom is -0.504 e. The number of hydrogen-bond acceptors (Lipinski definition) is 10. The van der Waals surface area contributed by atoms with Crippen LogP contribution in [-0.2, 0) is 19.1 Å². The number of unbranched alkanes of at least 4 members (excludes halogenated alkanes) is 1. The van der Waals surface area contributed by atoms with E-state index in [0.29, 0.717) is 48.6 Å². The molecule has 1 aliphatic rings. The highest BCUT2D eigenvalue weighted by molar-refractivity contribution is 6.07. The number of nitro groups is 1. The van der Waals surface area contributed by atoms with E-state index in [2.05, 4.69) is 4.99 Å². The Bertz CT molecular complexity index is 1320. The molecule has 0 bridgehead atoms. The molecular formula is C29H35N3O8. The number of allylic oxidation sites excluding steroid dienone is 1. The minimum absolute atomic E-state index is 0.0921. The third-order valence-corrected chi connectivity index (χ3v) is 6.83. The fraction of sp³-hybridized carbons (Fsp3) is 0.414. The summed E-state index contributed by atoms with van der Waals surface area (Å²) in [6, 6.07) is 10.6. The summed E-state index contributed by atoms with van der Waals surface area (Å²) in [5.41, 5.74) is 1.73. The van der Waals surface area contributed by atoms with Gasteiger partial charge in [-0.15, -0.1) is 0 Å². The molecule has 0 saturated carbocycles. The first-order valence-corrected chi connectivity index (χ1v) is 13.1. The van der Waals surface area contributed by atoms with Gasteiger partial charge in [0.2, 0.25) is 0 Å². The number of hydrogen-bond donors (Lipinski definition) is 2. The summed E-state index contributed by atoms with van der Waals surface area (Å²) in [5, 5.41) is 31.5. The number of phenols is 2. The average Bonchev–Trinajstić information content (AvgIpc) is 2.93. The second kappa shape index (κ2) is 13.6. The van der Waals surface area contributed by atoms with E-state index >= 15 is 0 Å². The van der Waals surface area contributed by atoms with Gasteiger partial charge >= 0.3 is 11.9 Å². The molecule has 0 amide bonds. The fourth-order valence-electron chi connectivity index (χ4n) is 4.97. The quantitative estimate of drug-likeness (QED) is 0.123. The Kier molecular flexibility index (Phi) is 10.2. The molecular weight excluding hydrogens is 518 g/mol. The molecule has 0 fully saturated rings. The number of nitrogens with zero attached hydrogens (tertiary/aromatic N) is 3. The van der Waals surface area contributed by atoms with Crippen molar-refractivity contribution in [1.29, 1.82) is 0 Å². The normalized spacial score (nSPS) is 16.8. The van der Waals surface area contributed by atoms with Gasteiger partial charge in [0.25, 0.3) is 5.69 Å². The lowest BCUT2D eigenvalue weighted by Crippen LogP contribution is -2.36. The third kappa shape index (κ3) is 6.77. The van der Waals surface area contributed by atoms with Crippen LogP contribution in [0.1, 0.15) is 51.5 Å². The number of nitro benzene ring substituents is 1. The number of rotatable bonds is 12. The first-order chi connectivity index (χ1) is 19.1. The van der Waals surface area contributed by atoms with Crippen LogP contribution in [0.25, 0.3) is 0 Å². The van der Waals surface area contributed by atoms with Gasteiger partial charge in [0.15, 0.2) is 11.5 Å². The van der Waals surface area contributed by atoms with Gasteiger partial charge in [-0.05, 0) is 50.8 Å². The summed E-state index contributed by atoms with van der Waals surface area (Å²) >= 11 is 0. The van der Waals surface area contributed by atoms with Gasteiger partial charge in [0, 0.05) is 42.5 Å². The lowest BCUT2D eigenvalue weighted by Gasteiger charge is -2.31. The SMILES string of the molecule is CCCN(CCCCOC(=O)C1=C(C)N=C(C)C(C(=O)OC)C1c1cccc([N+](=O)[O-])c1)c1cccc(O)c1O. The van der Waals surface area contributed by atoms with Gasteiger partial charge in [-0.1, -0.05) is 25.1 Å². The van der Waals surface area contributed by atoms with E-state index in [1.54, 1.807) is 32.0 Å². The van der Waals surface area contributed by atoms with Gasteiger partial charge in [0.05, 0.1) is 29.9 Å². The standard InChI is InChI=1S/C29H35N3O8/c1-5-14-31(22-12-9-13-23(33)27(22)34)15-6-7-16-40-29(36)25-19(3)30-18(2)24(28(35)39-4)26(25)20-10-8-11-21(17-20)32(37)38/h8-13,17,24,26,33-34H,5-7,14-16H2,1-4H3. The van der Waals surface area contributed by atoms with E-state index in [1.165, 1.54) is 31.4 Å². The number of aromatic hydroxyl groups is 2. The number of phenolic OH excluding ortho intramolecular Hbond substituents is 2. The molecule has 3 rings (SSSR count). The molecule has 2 aromatic rings. The second-order valence-electron chi connectivity index (χ2n) is 9.56. The van der Waals surface area contributed by atoms with Crippen molar-refractivity contribution in [1.82, 2.24) is 0 Å². The first kappa shape index (κ1) is 30.1. The van der Waals surface area contributed by atoms with E-state index in [1.807, 2.05) is 11.8 Å². The summed E-state index contributed by atoms with van der Waals surface area (Å²) in [7, 11) is 1.24. The number of carbonyl (C=O) groups is 2. The number of aliphatic imine (C=N–C) groups is 1. The maximum atomic E-state index is 13.4. The molecule has 0 aliphatic carbocycles. The van der Waals surface area contributed by atoms with Crippen LogP contribution in [0.4, 0.5) is 11.4 Å². The van der Waals surface area contributed by atoms with E-state index in [9.17, 15) is 29.9 Å².